The van der Waals surface area contributed by atoms with E-state index in [1.54, 1.807) is 30.3 Å². The second kappa shape index (κ2) is 9.14. The molecule has 0 spiro atoms. The van der Waals surface area contributed by atoms with E-state index in [0.717, 1.165) is 0 Å². The Kier molecular flexibility index (Phi) is 6.65. The molecular formula is C19H19N3O5. The van der Waals surface area contributed by atoms with Crippen molar-refractivity contribution >= 4 is 35.1 Å². The van der Waals surface area contributed by atoms with Gasteiger partial charge < -0.3 is 20.7 Å². The smallest absolute Gasteiger partial charge is 0.338 e. The van der Waals surface area contributed by atoms with Crippen molar-refractivity contribution in [3.63, 3.8) is 0 Å². The number of rotatable bonds is 6. The molecule has 8 nitrogen and oxygen atoms in total. The number of nitrogens with one attached hydrogen (secondary N) is 3. The molecule has 2 aromatic rings. The zero-order valence-electron chi connectivity index (χ0n) is 14.9. The molecule has 3 N–H and O–H groups in total. The van der Waals surface area contributed by atoms with Crippen LogP contribution in [0.5, 0.6) is 0 Å². The molecule has 0 aromatic heterocycles. The van der Waals surface area contributed by atoms with Crippen LogP contribution >= 0.6 is 0 Å². The highest BCUT2D eigenvalue weighted by molar-refractivity contribution is 5.98. The van der Waals surface area contributed by atoms with Crippen molar-refractivity contribution in [3.05, 3.63) is 59.7 Å². The number of carbonyl (C=O) groups is 4. The van der Waals surface area contributed by atoms with E-state index in [1.165, 1.54) is 32.2 Å². The van der Waals surface area contributed by atoms with Crippen molar-refractivity contribution in [2.24, 2.45) is 0 Å². The molecule has 0 aliphatic rings. The van der Waals surface area contributed by atoms with E-state index in [4.69, 9.17) is 4.74 Å². The van der Waals surface area contributed by atoms with E-state index in [0.29, 0.717) is 16.9 Å². The quantitative estimate of drug-likeness (QED) is 0.672. The van der Waals surface area contributed by atoms with Crippen LogP contribution in [0.3, 0.4) is 0 Å². The molecular weight excluding hydrogens is 350 g/mol. The summed E-state index contributed by atoms with van der Waals surface area (Å²) in [6.07, 6.45) is 0. The van der Waals surface area contributed by atoms with E-state index in [1.807, 2.05) is 0 Å². The molecule has 0 fully saturated rings. The average Bonchev–Trinajstić information content (AvgIpc) is 2.65. The summed E-state index contributed by atoms with van der Waals surface area (Å²) in [6.45, 7) is 0.904. The van der Waals surface area contributed by atoms with Crippen LogP contribution in [0.1, 0.15) is 27.6 Å². The van der Waals surface area contributed by atoms with E-state index < -0.39 is 18.5 Å². The molecule has 8 heteroatoms. The number of benzene rings is 2. The topological polar surface area (TPSA) is 114 Å². The zero-order valence-corrected chi connectivity index (χ0v) is 14.9. The normalized spacial score (nSPS) is 9.85. The molecule has 0 heterocycles. The Morgan fingerprint density at radius 1 is 0.889 bits per heavy atom. The number of anilines is 2. The summed E-state index contributed by atoms with van der Waals surface area (Å²) >= 11 is 0. The van der Waals surface area contributed by atoms with Crippen LogP contribution in [0, 0.1) is 0 Å². The minimum Gasteiger partial charge on any atom is -0.452 e. The van der Waals surface area contributed by atoms with Crippen molar-refractivity contribution in [1.29, 1.82) is 0 Å². The van der Waals surface area contributed by atoms with Crippen LogP contribution in [0.2, 0.25) is 0 Å². The minimum absolute atomic E-state index is 0.220. The van der Waals surface area contributed by atoms with Gasteiger partial charge in [-0.05, 0) is 42.5 Å². The van der Waals surface area contributed by atoms with Gasteiger partial charge in [-0.1, -0.05) is 6.07 Å². The van der Waals surface area contributed by atoms with Crippen molar-refractivity contribution in [1.82, 2.24) is 5.32 Å². The maximum Gasteiger partial charge on any atom is 0.338 e. The van der Waals surface area contributed by atoms with Crippen molar-refractivity contribution in [2.75, 3.05) is 24.3 Å². The second-order valence-corrected chi connectivity index (χ2v) is 5.54. The Labute approximate surface area is 155 Å². The minimum atomic E-state index is -0.668. The Hall–Kier alpha value is -3.68. The van der Waals surface area contributed by atoms with Gasteiger partial charge in [0.2, 0.25) is 5.91 Å². The van der Waals surface area contributed by atoms with Gasteiger partial charge in [0.15, 0.2) is 6.61 Å². The van der Waals surface area contributed by atoms with Crippen molar-refractivity contribution in [2.45, 2.75) is 6.92 Å². The Balaban J connectivity index is 1.88. The largest absolute Gasteiger partial charge is 0.452 e. The third kappa shape index (κ3) is 5.96. The van der Waals surface area contributed by atoms with Crippen LogP contribution in [0.15, 0.2) is 48.5 Å². The molecule has 0 saturated carbocycles. The summed E-state index contributed by atoms with van der Waals surface area (Å²) < 4.78 is 4.96. The maximum absolute atomic E-state index is 12.0. The second-order valence-electron chi connectivity index (χ2n) is 5.54. The molecule has 3 amide bonds. The highest BCUT2D eigenvalue weighted by Gasteiger charge is 2.11. The van der Waals surface area contributed by atoms with Gasteiger partial charge in [-0.25, -0.2) is 4.79 Å². The number of ether oxygens (including phenoxy) is 1. The van der Waals surface area contributed by atoms with Crippen molar-refractivity contribution < 1.29 is 23.9 Å². The Bertz CT molecular complexity index is 862. The number of hydrogen-bond donors (Lipinski definition) is 3. The number of amides is 3. The lowest BCUT2D eigenvalue weighted by atomic mass is 10.2. The first-order chi connectivity index (χ1) is 12.9. The average molecular weight is 369 g/mol. The van der Waals surface area contributed by atoms with E-state index in [2.05, 4.69) is 16.0 Å². The lowest BCUT2D eigenvalue weighted by Gasteiger charge is -2.08. The zero-order chi connectivity index (χ0) is 19.8. The standard InChI is InChI=1S/C19H19N3O5/c1-12(23)21-15-8-6-13(7-9-15)19(26)27-11-17(24)22-16-5-3-4-14(10-16)18(25)20-2/h3-10H,11H2,1-2H3,(H,20,25)(H,21,23)(H,22,24). The van der Waals surface area contributed by atoms with E-state index in [-0.39, 0.29) is 17.4 Å². The molecule has 0 aliphatic carbocycles. The van der Waals surface area contributed by atoms with Gasteiger partial charge in [-0.15, -0.1) is 0 Å². The van der Waals surface area contributed by atoms with Crippen LogP contribution in [0.4, 0.5) is 11.4 Å². The summed E-state index contributed by atoms with van der Waals surface area (Å²) in [6, 6.07) is 12.5. The number of carbonyl (C=O) groups excluding carboxylic acids is 4. The first-order valence-corrected chi connectivity index (χ1v) is 8.06. The Morgan fingerprint density at radius 2 is 1.59 bits per heavy atom. The maximum atomic E-state index is 12.0. The summed E-state index contributed by atoms with van der Waals surface area (Å²) in [4.78, 5) is 46.5. The fraction of sp³-hybridized carbons (Fsp3) is 0.158. The van der Waals surface area contributed by atoms with Gasteiger partial charge in [0.05, 0.1) is 5.56 Å². The molecule has 0 atom stereocenters. The highest BCUT2D eigenvalue weighted by Crippen LogP contribution is 2.12. The third-order valence-corrected chi connectivity index (χ3v) is 3.41. The number of hydrogen-bond acceptors (Lipinski definition) is 5. The predicted molar refractivity (Wildman–Crippen MR) is 99.5 cm³/mol. The molecule has 0 bridgehead atoms. The fourth-order valence-electron chi connectivity index (χ4n) is 2.19. The first kappa shape index (κ1) is 19.6. The lowest BCUT2D eigenvalue weighted by Crippen LogP contribution is -2.22. The monoisotopic (exact) mass is 369 g/mol. The number of esters is 1. The van der Waals surface area contributed by atoms with Gasteiger partial charge in [0.1, 0.15) is 0 Å². The van der Waals surface area contributed by atoms with Gasteiger partial charge >= 0.3 is 5.97 Å². The van der Waals surface area contributed by atoms with Gasteiger partial charge in [-0.3, -0.25) is 14.4 Å². The molecule has 140 valence electrons. The lowest BCUT2D eigenvalue weighted by molar-refractivity contribution is -0.119. The summed E-state index contributed by atoms with van der Waals surface area (Å²) in [5, 5.41) is 7.63. The highest BCUT2D eigenvalue weighted by atomic mass is 16.5. The van der Waals surface area contributed by atoms with Crippen LogP contribution in [-0.2, 0) is 14.3 Å². The fourth-order valence-corrected chi connectivity index (χ4v) is 2.19. The third-order valence-electron chi connectivity index (χ3n) is 3.41. The summed E-state index contributed by atoms with van der Waals surface area (Å²) in [7, 11) is 1.51. The molecule has 0 radical (unpaired) electrons. The molecule has 2 rings (SSSR count). The summed E-state index contributed by atoms with van der Waals surface area (Å²) in [5.41, 5.74) is 1.61. The van der Waals surface area contributed by atoms with Crippen molar-refractivity contribution in [3.8, 4) is 0 Å². The molecule has 0 aliphatic heterocycles. The Morgan fingerprint density at radius 3 is 2.22 bits per heavy atom. The van der Waals surface area contributed by atoms with Crippen LogP contribution < -0.4 is 16.0 Å². The van der Waals surface area contributed by atoms with Gasteiger partial charge in [0, 0.05) is 30.9 Å². The van der Waals surface area contributed by atoms with Gasteiger partial charge in [0.25, 0.3) is 11.8 Å². The first-order valence-electron chi connectivity index (χ1n) is 8.06. The van der Waals surface area contributed by atoms with Crippen LogP contribution in [-0.4, -0.2) is 37.3 Å². The van der Waals surface area contributed by atoms with E-state index >= 15 is 0 Å². The predicted octanol–water partition coefficient (Wildman–Crippen LogP) is 1.80. The molecule has 0 saturated heterocycles. The molecule has 0 unspecified atom stereocenters. The summed E-state index contributed by atoms with van der Waals surface area (Å²) in [5.74, 6) is -1.70. The van der Waals surface area contributed by atoms with Crippen LogP contribution in [0.25, 0.3) is 0 Å². The van der Waals surface area contributed by atoms with Gasteiger partial charge in [-0.2, -0.15) is 0 Å². The molecule has 2 aromatic carbocycles. The molecule has 27 heavy (non-hydrogen) atoms. The van der Waals surface area contributed by atoms with E-state index in [9.17, 15) is 19.2 Å². The SMILES string of the molecule is CNC(=O)c1cccc(NC(=O)COC(=O)c2ccc(NC(C)=O)cc2)c1.